The summed E-state index contributed by atoms with van der Waals surface area (Å²) in [6, 6.07) is 0. The summed E-state index contributed by atoms with van der Waals surface area (Å²) in [6.45, 7) is 24.3. The average molecular weight is 865 g/mol. The standard InChI is InChI=1S/C56H100N2O4/c1-7-8-9-10-11-12-13-14-15-16-17-18-19-20-21-22-38-60-45-50(44-58-36-34-57-35-37-58)62-42-40-59-39-41-61-49-30-32-55(5)48(43-49)26-27-51-53-29-28-52(47(4)25-23-24-46(2)3)56(53,6)33-31-54(51)55/h11-12,14-15,26,46-47,49-54,57H,7-10,13,16-25,27-45H2,1-6H3/t47-,49+,50?,51+,52-,53+,54+,55+,56-/m1/s1. The first-order valence-electron chi connectivity index (χ1n) is 27.1. The number of nitrogens with one attached hydrogen (secondary N) is 1. The molecule has 1 N–H and O–H groups in total. The van der Waals surface area contributed by atoms with E-state index in [1.54, 1.807) is 5.57 Å². The van der Waals surface area contributed by atoms with E-state index in [1.165, 1.54) is 128 Å². The lowest BCUT2D eigenvalue weighted by Crippen LogP contribution is -2.51. The van der Waals surface area contributed by atoms with Gasteiger partial charge in [0.25, 0.3) is 0 Å². The zero-order valence-electron chi connectivity index (χ0n) is 41.6. The molecule has 0 aromatic heterocycles. The topological polar surface area (TPSA) is 52.2 Å². The van der Waals surface area contributed by atoms with Crippen molar-refractivity contribution in [3.8, 4) is 0 Å². The maximum atomic E-state index is 6.52. The lowest BCUT2D eigenvalue weighted by atomic mass is 9.47. The van der Waals surface area contributed by atoms with E-state index in [-0.39, 0.29) is 6.10 Å². The van der Waals surface area contributed by atoms with E-state index in [2.05, 4.69) is 82.1 Å². The van der Waals surface area contributed by atoms with E-state index < -0.39 is 0 Å². The molecule has 1 aliphatic heterocycles. The van der Waals surface area contributed by atoms with E-state index >= 15 is 0 Å². The van der Waals surface area contributed by atoms with Crippen molar-refractivity contribution in [2.24, 2.45) is 46.3 Å². The van der Waals surface area contributed by atoms with Crippen molar-refractivity contribution in [1.29, 1.82) is 0 Å². The average Bonchev–Trinajstić information content (AvgIpc) is 3.63. The van der Waals surface area contributed by atoms with E-state index in [9.17, 15) is 0 Å². The van der Waals surface area contributed by atoms with Gasteiger partial charge in [-0.05, 0) is 136 Å². The Morgan fingerprint density at radius 3 is 2.26 bits per heavy atom. The van der Waals surface area contributed by atoms with Gasteiger partial charge in [0.15, 0.2) is 0 Å². The highest BCUT2D eigenvalue weighted by molar-refractivity contribution is 5.25. The zero-order valence-corrected chi connectivity index (χ0v) is 41.6. The second-order valence-corrected chi connectivity index (χ2v) is 21.8. The molecule has 5 rings (SSSR count). The second kappa shape index (κ2) is 28.9. The maximum absolute atomic E-state index is 6.52. The molecule has 4 fully saturated rings. The second-order valence-electron chi connectivity index (χ2n) is 21.8. The molecule has 4 aliphatic carbocycles. The molecule has 358 valence electrons. The number of fused-ring (bicyclic) bond motifs is 5. The van der Waals surface area contributed by atoms with Gasteiger partial charge in [-0.1, -0.05) is 135 Å². The largest absolute Gasteiger partial charge is 0.379 e. The number of unbranched alkanes of at least 4 members (excludes halogenated alkanes) is 9. The summed E-state index contributed by atoms with van der Waals surface area (Å²) in [5, 5.41) is 3.48. The van der Waals surface area contributed by atoms with Gasteiger partial charge >= 0.3 is 0 Å². The number of ether oxygens (including phenoxy) is 4. The van der Waals surface area contributed by atoms with Gasteiger partial charge in [-0.25, -0.2) is 0 Å². The monoisotopic (exact) mass is 865 g/mol. The van der Waals surface area contributed by atoms with Crippen LogP contribution in [0.1, 0.15) is 189 Å². The van der Waals surface area contributed by atoms with Gasteiger partial charge in [0, 0.05) is 39.3 Å². The lowest BCUT2D eigenvalue weighted by Gasteiger charge is -2.58. The van der Waals surface area contributed by atoms with Crippen molar-refractivity contribution in [3.05, 3.63) is 36.0 Å². The van der Waals surface area contributed by atoms with Gasteiger partial charge in [0.1, 0.15) is 0 Å². The third kappa shape index (κ3) is 16.7. The van der Waals surface area contributed by atoms with Crippen molar-refractivity contribution in [2.75, 3.05) is 72.4 Å². The molecule has 9 atom stereocenters. The van der Waals surface area contributed by atoms with Crippen molar-refractivity contribution in [1.82, 2.24) is 10.2 Å². The summed E-state index contributed by atoms with van der Waals surface area (Å²) in [6.07, 6.45) is 42.8. The Hall–Kier alpha value is -1.02. The first kappa shape index (κ1) is 52.0. The fourth-order valence-corrected chi connectivity index (χ4v) is 13.2. The molecule has 1 unspecified atom stereocenters. The normalized spacial score (nSPS) is 30.2. The van der Waals surface area contributed by atoms with Crippen molar-refractivity contribution < 1.29 is 18.9 Å². The van der Waals surface area contributed by atoms with Crippen LogP contribution in [-0.4, -0.2) is 89.5 Å². The van der Waals surface area contributed by atoms with E-state index in [0.29, 0.717) is 50.0 Å². The predicted octanol–water partition coefficient (Wildman–Crippen LogP) is 13.6. The minimum absolute atomic E-state index is 0.0913. The summed E-state index contributed by atoms with van der Waals surface area (Å²) in [5.41, 5.74) is 2.67. The van der Waals surface area contributed by atoms with Gasteiger partial charge in [-0.15, -0.1) is 0 Å². The number of allylic oxidation sites excluding steroid dienone is 5. The molecule has 0 aromatic carbocycles. The molecule has 1 heterocycles. The summed E-state index contributed by atoms with van der Waals surface area (Å²) < 4.78 is 25.2. The zero-order chi connectivity index (χ0) is 43.9. The molecular formula is C56H100N2O4. The van der Waals surface area contributed by atoms with Crippen LogP contribution in [0.15, 0.2) is 36.0 Å². The Labute approximate surface area is 383 Å². The van der Waals surface area contributed by atoms with Crippen LogP contribution in [0.5, 0.6) is 0 Å². The Balaban J connectivity index is 0.912. The predicted molar refractivity (Wildman–Crippen MR) is 263 cm³/mol. The Morgan fingerprint density at radius 1 is 0.742 bits per heavy atom. The van der Waals surface area contributed by atoms with E-state index in [0.717, 1.165) is 94.1 Å². The smallest absolute Gasteiger partial charge is 0.0936 e. The molecule has 62 heavy (non-hydrogen) atoms. The molecule has 0 spiro atoms. The van der Waals surface area contributed by atoms with Crippen LogP contribution in [0.25, 0.3) is 0 Å². The molecule has 5 aliphatic rings. The van der Waals surface area contributed by atoms with E-state index in [4.69, 9.17) is 18.9 Å². The Morgan fingerprint density at radius 2 is 1.48 bits per heavy atom. The first-order chi connectivity index (χ1) is 30.2. The van der Waals surface area contributed by atoms with Gasteiger partial charge in [0.05, 0.1) is 45.2 Å². The van der Waals surface area contributed by atoms with E-state index in [1.807, 2.05) is 0 Å². The minimum atomic E-state index is 0.0913. The third-order valence-electron chi connectivity index (χ3n) is 16.9. The summed E-state index contributed by atoms with van der Waals surface area (Å²) in [4.78, 5) is 2.52. The lowest BCUT2D eigenvalue weighted by molar-refractivity contribution is -0.0736. The third-order valence-corrected chi connectivity index (χ3v) is 16.9. The molecule has 1 saturated heterocycles. The van der Waals surface area contributed by atoms with Gasteiger partial charge < -0.3 is 24.3 Å². The van der Waals surface area contributed by atoms with Crippen LogP contribution < -0.4 is 5.32 Å². The van der Waals surface area contributed by atoms with Crippen LogP contribution in [0, 0.1) is 46.3 Å². The number of piperazine rings is 1. The number of hydrogen-bond acceptors (Lipinski definition) is 6. The fourth-order valence-electron chi connectivity index (χ4n) is 13.2. The maximum Gasteiger partial charge on any atom is 0.0936 e. The fraction of sp³-hybridized carbons (Fsp3) is 0.893. The molecule has 0 amide bonds. The molecule has 0 radical (unpaired) electrons. The van der Waals surface area contributed by atoms with Gasteiger partial charge in [0.2, 0.25) is 0 Å². The van der Waals surface area contributed by atoms with Crippen LogP contribution in [0.2, 0.25) is 0 Å². The number of nitrogens with zero attached hydrogens (tertiary/aromatic N) is 1. The summed E-state index contributed by atoms with van der Waals surface area (Å²) >= 11 is 0. The van der Waals surface area contributed by atoms with Crippen LogP contribution in [-0.2, 0) is 18.9 Å². The summed E-state index contributed by atoms with van der Waals surface area (Å²) in [5.74, 6) is 5.35. The molecular weight excluding hydrogens is 765 g/mol. The summed E-state index contributed by atoms with van der Waals surface area (Å²) in [7, 11) is 0. The molecule has 0 bridgehead atoms. The van der Waals surface area contributed by atoms with Crippen LogP contribution in [0.3, 0.4) is 0 Å². The highest BCUT2D eigenvalue weighted by Gasteiger charge is 2.59. The highest BCUT2D eigenvalue weighted by atomic mass is 16.6. The SMILES string of the molecule is CCCCCC=CCC=CCCCCCCCCOCC(CN1CCNCC1)OCCOCCO[C@H]1CC[C@@]2(C)C(=CC[C@H]3[C@@H]4CC[C@H]([C@H](C)CCCC(C)C)[C@@]4(C)CC[C@@H]32)C1. The van der Waals surface area contributed by atoms with Crippen molar-refractivity contribution in [2.45, 2.75) is 201 Å². The van der Waals surface area contributed by atoms with Gasteiger partial charge in [-0.3, -0.25) is 4.90 Å². The van der Waals surface area contributed by atoms with Gasteiger partial charge in [-0.2, -0.15) is 0 Å². The Bertz CT molecular complexity index is 1280. The number of rotatable bonds is 32. The van der Waals surface area contributed by atoms with Crippen molar-refractivity contribution >= 4 is 0 Å². The van der Waals surface area contributed by atoms with Crippen molar-refractivity contribution in [3.63, 3.8) is 0 Å². The van der Waals surface area contributed by atoms with Crippen LogP contribution in [0.4, 0.5) is 0 Å². The quantitative estimate of drug-likeness (QED) is 0.0537. The number of hydrogen-bond donors (Lipinski definition) is 1. The molecule has 0 aromatic rings. The molecule has 3 saturated carbocycles. The molecule has 6 heteroatoms. The minimum Gasteiger partial charge on any atom is -0.379 e. The highest BCUT2D eigenvalue weighted by Crippen LogP contribution is 2.67. The van der Waals surface area contributed by atoms with Crippen LogP contribution >= 0.6 is 0 Å². The first-order valence-corrected chi connectivity index (χ1v) is 27.1. The Kier molecular flexibility index (Phi) is 24.2. The molecule has 6 nitrogen and oxygen atoms in total.